The van der Waals surface area contributed by atoms with Gasteiger partial charge in [0.2, 0.25) is 0 Å². The van der Waals surface area contributed by atoms with Crippen molar-refractivity contribution in [3.63, 3.8) is 0 Å². The van der Waals surface area contributed by atoms with Crippen LogP contribution >= 0.6 is 46.4 Å². The molecule has 17 heavy (non-hydrogen) atoms. The second kappa shape index (κ2) is 12.6. The number of halogens is 2. The topological polar surface area (TPSA) is 116 Å². The number of ether oxygens (including phenoxy) is 1. The largest absolute Gasteiger partial charge is 0.480 e. The number of hydrogen-bond acceptors (Lipinski definition) is 7. The number of carboxylic acids is 1. The number of carbonyl (C=O) groups is 2. The van der Waals surface area contributed by atoms with Gasteiger partial charge in [-0.25, -0.2) is 0 Å². The molecule has 0 aliphatic heterocycles. The molecule has 0 unspecified atom stereocenters. The maximum absolute atomic E-state index is 10.9. The third-order valence-corrected chi connectivity index (χ3v) is 3.87. The molecule has 0 aromatic rings. The summed E-state index contributed by atoms with van der Waals surface area (Å²) in [5.74, 6) is -0.886. The maximum atomic E-state index is 10.9. The molecule has 0 saturated carbocycles. The highest BCUT2D eigenvalue weighted by Gasteiger charge is 2.15. The molecule has 0 amide bonds. The summed E-state index contributed by atoms with van der Waals surface area (Å²) in [4.78, 5) is 21.2. The Hall–Kier alpha value is 0.140. The predicted molar refractivity (Wildman–Crippen MR) is 75.0 cm³/mol. The van der Waals surface area contributed by atoms with Gasteiger partial charge in [0.05, 0.1) is 7.11 Å². The molecule has 0 heterocycles. The molecule has 0 aromatic carbocycles. The SMILES string of the molecule is COC(=O)[C@@H](N)CSSC[C@H](N)C(=O)O.Cl.Cl. The van der Waals surface area contributed by atoms with Gasteiger partial charge in [0, 0.05) is 11.5 Å². The van der Waals surface area contributed by atoms with Gasteiger partial charge in [-0.15, -0.1) is 24.8 Å². The van der Waals surface area contributed by atoms with E-state index in [1.54, 1.807) is 0 Å². The fourth-order valence-electron chi connectivity index (χ4n) is 0.534. The zero-order valence-electron chi connectivity index (χ0n) is 9.03. The summed E-state index contributed by atoms with van der Waals surface area (Å²) in [6, 6.07) is -1.58. The minimum Gasteiger partial charge on any atom is -0.480 e. The summed E-state index contributed by atoms with van der Waals surface area (Å²) in [7, 11) is 3.83. The van der Waals surface area contributed by atoms with Gasteiger partial charge in [-0.2, -0.15) is 0 Å². The van der Waals surface area contributed by atoms with Gasteiger partial charge in [0.25, 0.3) is 0 Å². The summed E-state index contributed by atoms with van der Waals surface area (Å²) in [5, 5.41) is 8.47. The monoisotopic (exact) mass is 326 g/mol. The summed E-state index contributed by atoms with van der Waals surface area (Å²) in [6.45, 7) is 0. The van der Waals surface area contributed by atoms with Gasteiger partial charge < -0.3 is 21.3 Å². The van der Waals surface area contributed by atoms with Crippen molar-refractivity contribution in [3.05, 3.63) is 0 Å². The van der Waals surface area contributed by atoms with E-state index in [-0.39, 0.29) is 30.6 Å². The van der Waals surface area contributed by atoms with Crippen LogP contribution in [-0.4, -0.2) is 47.7 Å². The number of carbonyl (C=O) groups excluding carboxylic acids is 1. The molecule has 0 spiro atoms. The molecule has 0 saturated heterocycles. The Bertz CT molecular complexity index is 236. The van der Waals surface area contributed by atoms with E-state index in [9.17, 15) is 9.59 Å². The number of aliphatic carboxylic acids is 1. The van der Waals surface area contributed by atoms with Crippen LogP contribution in [0.15, 0.2) is 0 Å². The highest BCUT2D eigenvalue weighted by molar-refractivity contribution is 8.76. The second-order valence-corrected chi connectivity index (χ2v) is 5.20. The fraction of sp³-hybridized carbons (Fsp3) is 0.714. The number of nitrogens with two attached hydrogens (primary N) is 2. The molecule has 6 nitrogen and oxygen atoms in total. The normalized spacial score (nSPS) is 12.6. The Kier molecular flexibility index (Phi) is 16.5. The highest BCUT2D eigenvalue weighted by atomic mass is 35.5. The first-order valence-electron chi connectivity index (χ1n) is 4.05. The van der Waals surface area contributed by atoms with Crippen molar-refractivity contribution >= 4 is 58.3 Å². The Balaban J connectivity index is -0.000000980. The van der Waals surface area contributed by atoms with Gasteiger partial charge in [0.1, 0.15) is 12.1 Å². The lowest BCUT2D eigenvalue weighted by Gasteiger charge is -2.09. The first-order valence-corrected chi connectivity index (χ1v) is 6.54. The van der Waals surface area contributed by atoms with E-state index in [1.165, 1.54) is 28.7 Å². The molecule has 0 aliphatic carbocycles. The molecular weight excluding hydrogens is 311 g/mol. The second-order valence-electron chi connectivity index (χ2n) is 2.64. The van der Waals surface area contributed by atoms with Gasteiger partial charge in [-0.1, -0.05) is 21.6 Å². The molecular formula is C7H16Cl2N2O4S2. The number of carboxylic acid groups (broad SMARTS) is 1. The number of hydrogen-bond donors (Lipinski definition) is 3. The van der Waals surface area contributed by atoms with Crippen molar-refractivity contribution in [2.45, 2.75) is 12.1 Å². The van der Waals surface area contributed by atoms with E-state index < -0.39 is 24.0 Å². The minimum absolute atomic E-state index is 0. The summed E-state index contributed by atoms with van der Waals surface area (Å²) in [6.07, 6.45) is 0. The first kappa shape index (κ1) is 22.3. The van der Waals surface area contributed by atoms with Crippen LogP contribution in [0.3, 0.4) is 0 Å². The highest BCUT2D eigenvalue weighted by Crippen LogP contribution is 2.22. The molecule has 2 atom stereocenters. The summed E-state index contributed by atoms with van der Waals surface area (Å²) < 4.78 is 4.42. The van der Waals surface area contributed by atoms with Crippen molar-refractivity contribution < 1.29 is 19.4 Å². The molecule has 5 N–H and O–H groups in total. The van der Waals surface area contributed by atoms with Gasteiger partial charge in [-0.3, -0.25) is 9.59 Å². The van der Waals surface area contributed by atoms with Crippen molar-refractivity contribution in [2.75, 3.05) is 18.6 Å². The third-order valence-electron chi connectivity index (χ3n) is 1.40. The van der Waals surface area contributed by atoms with Crippen LogP contribution in [0.5, 0.6) is 0 Å². The van der Waals surface area contributed by atoms with E-state index in [1.807, 2.05) is 0 Å². The van der Waals surface area contributed by atoms with Crippen LogP contribution in [0.2, 0.25) is 0 Å². The van der Waals surface area contributed by atoms with Crippen LogP contribution in [0.25, 0.3) is 0 Å². The van der Waals surface area contributed by atoms with Gasteiger partial charge >= 0.3 is 11.9 Å². The number of esters is 1. The van der Waals surface area contributed by atoms with Crippen LogP contribution < -0.4 is 11.5 Å². The Morgan fingerprint density at radius 2 is 1.59 bits per heavy atom. The maximum Gasteiger partial charge on any atom is 0.323 e. The fourth-order valence-corrected chi connectivity index (χ4v) is 2.75. The average Bonchev–Trinajstić information content (AvgIpc) is 2.22. The standard InChI is InChI=1S/C7H14N2O4S2.2ClH/c1-13-7(12)5(9)3-15-14-2-4(8)6(10)11;;/h4-5H,2-3,8-9H2,1H3,(H,10,11);2*1H/t4-,5-;;/m0../s1. The Morgan fingerprint density at radius 3 is 1.94 bits per heavy atom. The lowest BCUT2D eigenvalue weighted by atomic mass is 10.4. The first-order chi connectivity index (χ1) is 6.99. The number of methoxy groups -OCH3 is 1. The quantitative estimate of drug-likeness (QED) is 0.343. The summed E-state index contributed by atoms with van der Waals surface area (Å²) >= 11 is 0. The van der Waals surface area contributed by atoms with Crippen LogP contribution in [0.1, 0.15) is 0 Å². The lowest BCUT2D eigenvalue weighted by molar-refractivity contribution is -0.141. The average molecular weight is 327 g/mol. The van der Waals surface area contributed by atoms with Crippen LogP contribution in [0.4, 0.5) is 0 Å². The van der Waals surface area contributed by atoms with E-state index in [2.05, 4.69) is 4.74 Å². The van der Waals surface area contributed by atoms with E-state index in [4.69, 9.17) is 16.6 Å². The minimum atomic E-state index is -1.04. The third kappa shape index (κ3) is 11.0. The molecule has 0 bridgehead atoms. The molecule has 0 rings (SSSR count). The van der Waals surface area contributed by atoms with Crippen molar-refractivity contribution in [1.29, 1.82) is 0 Å². The smallest absolute Gasteiger partial charge is 0.323 e. The number of rotatable bonds is 7. The van der Waals surface area contributed by atoms with Crippen molar-refractivity contribution in [2.24, 2.45) is 11.5 Å². The molecule has 0 radical (unpaired) electrons. The van der Waals surface area contributed by atoms with E-state index in [0.29, 0.717) is 5.75 Å². The van der Waals surface area contributed by atoms with E-state index in [0.717, 1.165) is 0 Å². The van der Waals surface area contributed by atoms with Crippen molar-refractivity contribution in [1.82, 2.24) is 0 Å². The van der Waals surface area contributed by atoms with Gasteiger partial charge in [0.15, 0.2) is 0 Å². The van der Waals surface area contributed by atoms with Crippen LogP contribution in [0, 0.1) is 0 Å². The Morgan fingerprint density at radius 1 is 1.18 bits per heavy atom. The Labute approximate surface area is 120 Å². The van der Waals surface area contributed by atoms with Crippen molar-refractivity contribution in [3.8, 4) is 0 Å². The predicted octanol–water partition coefficient (Wildman–Crippen LogP) is 0.124. The van der Waals surface area contributed by atoms with Gasteiger partial charge in [-0.05, 0) is 0 Å². The molecule has 0 aromatic heterocycles. The summed E-state index contributed by atoms with van der Waals surface area (Å²) in [5.41, 5.74) is 10.7. The molecule has 10 heteroatoms. The zero-order chi connectivity index (χ0) is 11.8. The molecule has 0 fully saturated rings. The van der Waals surface area contributed by atoms with Crippen LogP contribution in [-0.2, 0) is 14.3 Å². The zero-order valence-corrected chi connectivity index (χ0v) is 12.3. The van der Waals surface area contributed by atoms with E-state index >= 15 is 0 Å². The lowest BCUT2D eigenvalue weighted by Crippen LogP contribution is -2.34. The molecule has 104 valence electrons. The molecule has 0 aliphatic rings.